The van der Waals surface area contributed by atoms with E-state index in [9.17, 15) is 0 Å². The number of hydrogen-bond acceptors (Lipinski definition) is 6. The maximum absolute atomic E-state index is 4.32. The predicted molar refractivity (Wildman–Crippen MR) is 54.1 cm³/mol. The Morgan fingerprint density at radius 1 is 1.54 bits per heavy atom. The van der Waals surface area contributed by atoms with Crippen molar-refractivity contribution in [3.8, 4) is 0 Å². The predicted octanol–water partition coefficient (Wildman–Crippen LogP) is 1.92. The van der Waals surface area contributed by atoms with Gasteiger partial charge in [-0.25, -0.2) is 9.97 Å². The van der Waals surface area contributed by atoms with Gasteiger partial charge >= 0.3 is 0 Å². The van der Waals surface area contributed by atoms with Crippen LogP contribution in [0.15, 0.2) is 11.7 Å². The Kier molecular flexibility index (Phi) is 2.51. The standard InChI is InChI=1S/C7H8N4S2/c1-5-3-12-6(11-5)2-8-7-9-4-10-13-7/h3-4H,2H2,1H3,(H,8,9,10). The Bertz CT molecular complexity index is 368. The lowest BCUT2D eigenvalue weighted by atomic mass is 10.6. The summed E-state index contributed by atoms with van der Waals surface area (Å²) < 4.78 is 3.89. The van der Waals surface area contributed by atoms with Crippen LogP contribution in [0, 0.1) is 6.92 Å². The lowest BCUT2D eigenvalue weighted by molar-refractivity contribution is 1.07. The van der Waals surface area contributed by atoms with Gasteiger partial charge in [-0.1, -0.05) is 0 Å². The second-order valence-corrected chi connectivity index (χ2v) is 4.21. The SMILES string of the molecule is Cc1csc(CNc2ncns2)n1. The molecule has 2 aromatic heterocycles. The zero-order valence-electron chi connectivity index (χ0n) is 7.02. The molecule has 0 aliphatic heterocycles. The van der Waals surface area contributed by atoms with Crippen LogP contribution >= 0.6 is 22.9 Å². The number of nitrogens with zero attached hydrogens (tertiary/aromatic N) is 3. The highest BCUT2D eigenvalue weighted by atomic mass is 32.1. The third kappa shape index (κ3) is 2.22. The third-order valence-corrected chi connectivity index (χ3v) is 3.01. The summed E-state index contributed by atoms with van der Waals surface area (Å²) in [7, 11) is 0. The van der Waals surface area contributed by atoms with E-state index in [1.54, 1.807) is 17.7 Å². The van der Waals surface area contributed by atoms with Crippen LogP contribution in [0.25, 0.3) is 0 Å². The lowest BCUT2D eigenvalue weighted by Gasteiger charge is -1.96. The molecule has 4 nitrogen and oxygen atoms in total. The molecule has 0 fully saturated rings. The molecule has 0 aromatic carbocycles. The molecule has 0 unspecified atom stereocenters. The maximum atomic E-state index is 4.32. The first-order valence-electron chi connectivity index (χ1n) is 3.76. The van der Waals surface area contributed by atoms with E-state index in [1.165, 1.54) is 11.5 Å². The summed E-state index contributed by atoms with van der Waals surface area (Å²) in [6, 6.07) is 0. The van der Waals surface area contributed by atoms with E-state index in [2.05, 4.69) is 19.7 Å². The van der Waals surface area contributed by atoms with Crippen molar-refractivity contribution in [2.75, 3.05) is 5.32 Å². The van der Waals surface area contributed by atoms with Gasteiger partial charge in [-0.15, -0.1) is 11.3 Å². The lowest BCUT2D eigenvalue weighted by Crippen LogP contribution is -1.97. The molecule has 13 heavy (non-hydrogen) atoms. The average Bonchev–Trinajstić information content (AvgIpc) is 2.71. The van der Waals surface area contributed by atoms with Gasteiger partial charge in [0.25, 0.3) is 0 Å². The van der Waals surface area contributed by atoms with Crippen LogP contribution in [-0.4, -0.2) is 14.3 Å². The van der Waals surface area contributed by atoms with E-state index in [0.29, 0.717) is 0 Å². The Morgan fingerprint density at radius 2 is 2.46 bits per heavy atom. The number of aryl methyl sites for hydroxylation is 1. The Morgan fingerprint density at radius 3 is 3.08 bits per heavy atom. The van der Waals surface area contributed by atoms with Crippen molar-refractivity contribution in [2.24, 2.45) is 0 Å². The largest absolute Gasteiger partial charge is 0.354 e. The molecule has 6 heteroatoms. The quantitative estimate of drug-likeness (QED) is 0.844. The fraction of sp³-hybridized carbons (Fsp3) is 0.286. The summed E-state index contributed by atoms with van der Waals surface area (Å²) in [5.41, 5.74) is 1.07. The molecule has 0 bridgehead atoms. The summed E-state index contributed by atoms with van der Waals surface area (Å²) in [5, 5.41) is 7.10. The zero-order valence-corrected chi connectivity index (χ0v) is 8.65. The highest BCUT2D eigenvalue weighted by Crippen LogP contribution is 2.12. The van der Waals surface area contributed by atoms with E-state index in [1.807, 2.05) is 12.3 Å². The van der Waals surface area contributed by atoms with Crippen LogP contribution in [-0.2, 0) is 6.54 Å². The van der Waals surface area contributed by atoms with Crippen molar-refractivity contribution in [1.82, 2.24) is 14.3 Å². The highest BCUT2D eigenvalue weighted by molar-refractivity contribution is 7.10. The summed E-state index contributed by atoms with van der Waals surface area (Å²) in [6.45, 7) is 2.72. The first kappa shape index (κ1) is 8.58. The molecule has 0 aliphatic carbocycles. The highest BCUT2D eigenvalue weighted by Gasteiger charge is 1.99. The van der Waals surface area contributed by atoms with Gasteiger partial charge < -0.3 is 5.32 Å². The molecule has 68 valence electrons. The van der Waals surface area contributed by atoms with Crippen LogP contribution in [0.3, 0.4) is 0 Å². The van der Waals surface area contributed by atoms with E-state index in [0.717, 1.165) is 22.4 Å². The van der Waals surface area contributed by atoms with Gasteiger partial charge in [0.1, 0.15) is 11.3 Å². The van der Waals surface area contributed by atoms with Crippen LogP contribution in [0.1, 0.15) is 10.7 Å². The minimum atomic E-state index is 0.730. The molecular weight excluding hydrogens is 204 g/mol. The molecule has 2 rings (SSSR count). The van der Waals surface area contributed by atoms with Crippen molar-refractivity contribution in [2.45, 2.75) is 13.5 Å². The minimum Gasteiger partial charge on any atom is -0.354 e. The normalized spacial score (nSPS) is 10.2. The number of hydrogen-bond donors (Lipinski definition) is 1. The van der Waals surface area contributed by atoms with Gasteiger partial charge in [0.2, 0.25) is 5.13 Å². The molecule has 0 radical (unpaired) electrons. The van der Waals surface area contributed by atoms with E-state index < -0.39 is 0 Å². The Labute approximate surface area is 83.8 Å². The van der Waals surface area contributed by atoms with E-state index >= 15 is 0 Å². The molecule has 0 atom stereocenters. The van der Waals surface area contributed by atoms with E-state index in [-0.39, 0.29) is 0 Å². The van der Waals surface area contributed by atoms with Crippen molar-refractivity contribution in [3.63, 3.8) is 0 Å². The fourth-order valence-electron chi connectivity index (χ4n) is 0.886. The monoisotopic (exact) mass is 212 g/mol. The topological polar surface area (TPSA) is 50.7 Å². The summed E-state index contributed by atoms with van der Waals surface area (Å²) >= 11 is 3.01. The third-order valence-electron chi connectivity index (χ3n) is 1.42. The van der Waals surface area contributed by atoms with Crippen LogP contribution in [0.4, 0.5) is 5.13 Å². The van der Waals surface area contributed by atoms with Gasteiger partial charge in [-0.2, -0.15) is 4.37 Å². The molecule has 0 spiro atoms. The van der Waals surface area contributed by atoms with Gasteiger partial charge in [-0.3, -0.25) is 0 Å². The molecular formula is C7H8N4S2. The molecule has 2 aromatic rings. The minimum absolute atomic E-state index is 0.730. The van der Waals surface area contributed by atoms with Gasteiger partial charge in [0.15, 0.2) is 0 Å². The molecule has 0 saturated carbocycles. The first-order chi connectivity index (χ1) is 6.34. The second-order valence-electron chi connectivity index (χ2n) is 2.48. The van der Waals surface area contributed by atoms with Crippen LogP contribution in [0.2, 0.25) is 0 Å². The number of rotatable bonds is 3. The zero-order chi connectivity index (χ0) is 9.10. The Balaban J connectivity index is 1.93. The summed E-state index contributed by atoms with van der Waals surface area (Å²) in [5.74, 6) is 0. The second kappa shape index (κ2) is 3.80. The number of thiazole rings is 1. The number of nitrogens with one attached hydrogen (secondary N) is 1. The maximum Gasteiger partial charge on any atom is 0.202 e. The smallest absolute Gasteiger partial charge is 0.202 e. The molecule has 0 saturated heterocycles. The van der Waals surface area contributed by atoms with Crippen LogP contribution < -0.4 is 5.32 Å². The number of aromatic nitrogens is 3. The molecule has 0 amide bonds. The van der Waals surface area contributed by atoms with Crippen molar-refractivity contribution < 1.29 is 0 Å². The van der Waals surface area contributed by atoms with Gasteiger partial charge in [0, 0.05) is 22.6 Å². The van der Waals surface area contributed by atoms with Crippen LogP contribution in [0.5, 0.6) is 0 Å². The van der Waals surface area contributed by atoms with Crippen molar-refractivity contribution in [3.05, 3.63) is 22.4 Å². The summed E-state index contributed by atoms with van der Waals surface area (Å²) in [6.07, 6.45) is 1.54. The molecule has 1 N–H and O–H groups in total. The van der Waals surface area contributed by atoms with E-state index in [4.69, 9.17) is 0 Å². The average molecular weight is 212 g/mol. The first-order valence-corrected chi connectivity index (χ1v) is 5.41. The van der Waals surface area contributed by atoms with Crippen molar-refractivity contribution in [1.29, 1.82) is 0 Å². The Hall–Kier alpha value is -1.01. The molecule has 2 heterocycles. The fourth-order valence-corrected chi connectivity index (χ4v) is 2.02. The van der Waals surface area contributed by atoms with Gasteiger partial charge in [-0.05, 0) is 6.92 Å². The summed E-state index contributed by atoms with van der Waals surface area (Å²) in [4.78, 5) is 8.33. The molecule has 0 aliphatic rings. The number of anilines is 1. The van der Waals surface area contributed by atoms with Crippen molar-refractivity contribution >= 4 is 28.0 Å². The van der Waals surface area contributed by atoms with Gasteiger partial charge in [0.05, 0.1) is 6.54 Å².